The van der Waals surface area contributed by atoms with E-state index in [4.69, 9.17) is 9.47 Å². The van der Waals surface area contributed by atoms with Gasteiger partial charge in [0.25, 0.3) is 5.91 Å². The highest BCUT2D eigenvalue weighted by Crippen LogP contribution is 2.24. The van der Waals surface area contributed by atoms with Crippen molar-refractivity contribution in [1.29, 1.82) is 0 Å². The average Bonchev–Trinajstić information content (AvgIpc) is 2.72. The number of hydrogen-bond donors (Lipinski definition) is 1. The second-order valence-electron chi connectivity index (χ2n) is 6.52. The Morgan fingerprint density at radius 1 is 1.18 bits per heavy atom. The van der Waals surface area contributed by atoms with E-state index in [0.29, 0.717) is 32.1 Å². The highest BCUT2D eigenvalue weighted by atomic mass is 32.2. The van der Waals surface area contributed by atoms with Crippen molar-refractivity contribution >= 4 is 15.9 Å². The molecule has 0 aromatic heterocycles. The number of rotatable bonds is 6. The second kappa shape index (κ2) is 8.72. The van der Waals surface area contributed by atoms with Crippen LogP contribution in [0, 0.1) is 6.92 Å². The summed E-state index contributed by atoms with van der Waals surface area (Å²) in [6.07, 6.45) is 0. The molecular formula is C20H24N2O5S. The molecule has 1 aliphatic rings. The molecule has 2 aromatic rings. The Labute approximate surface area is 165 Å². The molecule has 0 bridgehead atoms. The third kappa shape index (κ3) is 4.52. The van der Waals surface area contributed by atoms with Gasteiger partial charge in [0.2, 0.25) is 10.0 Å². The van der Waals surface area contributed by atoms with Crippen molar-refractivity contribution in [2.24, 2.45) is 0 Å². The van der Waals surface area contributed by atoms with Crippen molar-refractivity contribution in [1.82, 2.24) is 9.62 Å². The fourth-order valence-electron chi connectivity index (χ4n) is 3.02. The Morgan fingerprint density at radius 3 is 2.57 bits per heavy atom. The molecule has 0 saturated carbocycles. The smallest absolute Gasteiger partial charge is 0.257 e. The number of carbonyl (C=O) groups excluding carboxylic acids is 1. The van der Waals surface area contributed by atoms with Gasteiger partial charge >= 0.3 is 0 Å². The maximum atomic E-state index is 12.9. The van der Waals surface area contributed by atoms with Crippen LogP contribution in [-0.4, -0.2) is 52.6 Å². The van der Waals surface area contributed by atoms with Gasteiger partial charge in [-0.1, -0.05) is 24.3 Å². The Kier molecular flexibility index (Phi) is 6.33. The molecule has 2 aromatic carbocycles. The van der Waals surface area contributed by atoms with Crippen LogP contribution in [0.1, 0.15) is 21.5 Å². The highest BCUT2D eigenvalue weighted by Gasteiger charge is 2.24. The van der Waals surface area contributed by atoms with Gasteiger partial charge in [0.1, 0.15) is 5.75 Å². The minimum atomic E-state index is -3.79. The van der Waals surface area contributed by atoms with Crippen LogP contribution in [0.5, 0.6) is 5.75 Å². The van der Waals surface area contributed by atoms with Crippen molar-refractivity contribution in [3.8, 4) is 5.75 Å². The SMILES string of the molecule is COc1ccc(S(=O)(=O)NCc2ccccc2C)cc1C(=O)N1CCOCC1. The van der Waals surface area contributed by atoms with E-state index < -0.39 is 10.0 Å². The molecule has 0 spiro atoms. The van der Waals surface area contributed by atoms with Gasteiger partial charge in [-0.3, -0.25) is 4.79 Å². The number of sulfonamides is 1. The maximum Gasteiger partial charge on any atom is 0.257 e. The number of nitrogens with one attached hydrogen (secondary N) is 1. The fraction of sp³-hybridized carbons (Fsp3) is 0.350. The van der Waals surface area contributed by atoms with E-state index in [1.807, 2.05) is 31.2 Å². The van der Waals surface area contributed by atoms with Crippen LogP contribution < -0.4 is 9.46 Å². The van der Waals surface area contributed by atoms with Crippen LogP contribution in [0.15, 0.2) is 47.4 Å². The van der Waals surface area contributed by atoms with Crippen molar-refractivity contribution < 1.29 is 22.7 Å². The summed E-state index contributed by atoms with van der Waals surface area (Å²) in [7, 11) is -2.33. The number of morpholine rings is 1. The van der Waals surface area contributed by atoms with Crippen LogP contribution in [0.25, 0.3) is 0 Å². The Balaban J connectivity index is 1.84. The first kappa shape index (κ1) is 20.3. The molecule has 0 unspecified atom stereocenters. The van der Waals surface area contributed by atoms with Gasteiger partial charge in [-0.2, -0.15) is 0 Å². The Bertz CT molecular complexity index is 953. The third-order valence-electron chi connectivity index (χ3n) is 4.72. The van der Waals surface area contributed by atoms with Crippen LogP contribution in [0.2, 0.25) is 0 Å². The number of ether oxygens (including phenoxy) is 2. The van der Waals surface area contributed by atoms with Crippen molar-refractivity contribution in [2.75, 3.05) is 33.4 Å². The molecule has 0 aliphatic carbocycles. The normalized spacial score (nSPS) is 14.7. The van der Waals surface area contributed by atoms with Crippen LogP contribution >= 0.6 is 0 Å². The number of hydrogen-bond acceptors (Lipinski definition) is 5. The van der Waals surface area contributed by atoms with E-state index >= 15 is 0 Å². The first-order valence-electron chi connectivity index (χ1n) is 9.01. The molecule has 1 N–H and O–H groups in total. The highest BCUT2D eigenvalue weighted by molar-refractivity contribution is 7.89. The molecule has 0 radical (unpaired) electrons. The van der Waals surface area contributed by atoms with Crippen molar-refractivity contribution in [3.63, 3.8) is 0 Å². The number of nitrogens with zero attached hydrogens (tertiary/aromatic N) is 1. The second-order valence-corrected chi connectivity index (χ2v) is 8.28. The first-order valence-corrected chi connectivity index (χ1v) is 10.5. The topological polar surface area (TPSA) is 84.9 Å². The number of methoxy groups -OCH3 is 1. The zero-order chi connectivity index (χ0) is 20.1. The zero-order valence-electron chi connectivity index (χ0n) is 16.0. The summed E-state index contributed by atoms with van der Waals surface area (Å²) in [6, 6.07) is 11.9. The van der Waals surface area contributed by atoms with Crippen LogP contribution in [0.3, 0.4) is 0 Å². The molecule has 1 heterocycles. The summed E-state index contributed by atoms with van der Waals surface area (Å²) in [5.74, 6) is 0.0745. The molecule has 150 valence electrons. The Morgan fingerprint density at radius 2 is 1.89 bits per heavy atom. The van der Waals surface area contributed by atoms with Crippen molar-refractivity contribution in [3.05, 3.63) is 59.2 Å². The lowest BCUT2D eigenvalue weighted by Gasteiger charge is -2.27. The molecular weight excluding hydrogens is 380 g/mol. The lowest BCUT2D eigenvalue weighted by Crippen LogP contribution is -2.40. The molecule has 7 nitrogen and oxygen atoms in total. The van der Waals surface area contributed by atoms with Gasteiger partial charge in [-0.05, 0) is 36.2 Å². The van der Waals surface area contributed by atoms with Crippen molar-refractivity contribution in [2.45, 2.75) is 18.4 Å². The van der Waals surface area contributed by atoms with E-state index in [2.05, 4.69) is 4.72 Å². The van der Waals surface area contributed by atoms with E-state index in [1.54, 1.807) is 4.90 Å². The lowest BCUT2D eigenvalue weighted by molar-refractivity contribution is 0.0300. The number of carbonyl (C=O) groups is 1. The lowest BCUT2D eigenvalue weighted by atomic mass is 10.1. The van der Waals surface area contributed by atoms with Gasteiger partial charge < -0.3 is 14.4 Å². The molecule has 0 atom stereocenters. The number of amides is 1. The largest absolute Gasteiger partial charge is 0.496 e. The summed E-state index contributed by atoms with van der Waals surface area (Å²) >= 11 is 0. The monoisotopic (exact) mass is 404 g/mol. The first-order chi connectivity index (χ1) is 13.4. The summed E-state index contributed by atoms with van der Waals surface area (Å²) in [5, 5.41) is 0. The van der Waals surface area contributed by atoms with E-state index in [0.717, 1.165) is 11.1 Å². The molecule has 8 heteroatoms. The third-order valence-corrected chi connectivity index (χ3v) is 6.12. The van der Waals surface area contributed by atoms with Gasteiger partial charge in [0, 0.05) is 19.6 Å². The predicted molar refractivity (Wildman–Crippen MR) is 105 cm³/mol. The van der Waals surface area contributed by atoms with E-state index in [9.17, 15) is 13.2 Å². The van der Waals surface area contributed by atoms with Gasteiger partial charge in [-0.15, -0.1) is 0 Å². The van der Waals surface area contributed by atoms with E-state index in [1.165, 1.54) is 25.3 Å². The molecule has 28 heavy (non-hydrogen) atoms. The molecule has 3 rings (SSSR count). The van der Waals surface area contributed by atoms with Crippen LogP contribution in [0.4, 0.5) is 0 Å². The quantitative estimate of drug-likeness (QED) is 0.796. The van der Waals surface area contributed by atoms with Gasteiger partial charge in [-0.25, -0.2) is 13.1 Å². The molecule has 1 saturated heterocycles. The molecule has 1 amide bonds. The van der Waals surface area contributed by atoms with Crippen LogP contribution in [-0.2, 0) is 21.3 Å². The summed E-state index contributed by atoms with van der Waals surface area (Å²) in [5.41, 5.74) is 2.12. The Hall–Kier alpha value is -2.42. The van der Waals surface area contributed by atoms with Gasteiger partial charge in [0.05, 0.1) is 30.8 Å². The standard InChI is InChI=1S/C20H24N2O5S/c1-15-5-3-4-6-16(15)14-21-28(24,25)17-7-8-19(26-2)18(13-17)20(23)22-9-11-27-12-10-22/h3-8,13,21H,9-12,14H2,1-2H3. The molecule has 1 aliphatic heterocycles. The van der Waals surface area contributed by atoms with Gasteiger partial charge in [0.15, 0.2) is 0 Å². The zero-order valence-corrected chi connectivity index (χ0v) is 16.8. The average molecular weight is 404 g/mol. The fourth-order valence-corrected chi connectivity index (χ4v) is 4.06. The number of benzene rings is 2. The number of aryl methyl sites for hydroxylation is 1. The van der Waals surface area contributed by atoms with E-state index in [-0.39, 0.29) is 22.9 Å². The summed E-state index contributed by atoms with van der Waals surface area (Å²) in [4.78, 5) is 14.5. The summed E-state index contributed by atoms with van der Waals surface area (Å²) < 4.78 is 38.7. The summed E-state index contributed by atoms with van der Waals surface area (Å²) in [6.45, 7) is 3.95. The minimum Gasteiger partial charge on any atom is -0.496 e. The minimum absolute atomic E-state index is 0.0264. The molecule has 1 fully saturated rings. The maximum absolute atomic E-state index is 12.9. The predicted octanol–water partition coefficient (Wildman–Crippen LogP) is 1.95.